The average molecular weight is 398 g/mol. The van der Waals surface area contributed by atoms with Crippen LogP contribution >= 0.6 is 11.6 Å². The number of hydrogen-bond donors (Lipinski definition) is 1. The molecule has 146 valence electrons. The number of ether oxygens (including phenoxy) is 1. The third kappa shape index (κ3) is 4.61. The van der Waals surface area contributed by atoms with Gasteiger partial charge in [0.25, 0.3) is 5.91 Å². The van der Waals surface area contributed by atoms with E-state index in [0.717, 1.165) is 16.7 Å². The third-order valence-corrected chi connectivity index (χ3v) is 4.99. The Bertz CT molecular complexity index is 964. The van der Waals surface area contributed by atoms with Gasteiger partial charge in [0, 0.05) is 13.7 Å². The summed E-state index contributed by atoms with van der Waals surface area (Å²) < 4.78 is 6.88. The first kappa shape index (κ1) is 20.1. The molecule has 0 aliphatic carbocycles. The summed E-state index contributed by atoms with van der Waals surface area (Å²) in [5.74, 6) is -0.232. The highest BCUT2D eigenvalue weighted by molar-refractivity contribution is 6.33. The number of rotatable bonds is 7. The molecular formula is C22H24ClN3O2. The van der Waals surface area contributed by atoms with E-state index in [1.807, 2.05) is 55.5 Å². The summed E-state index contributed by atoms with van der Waals surface area (Å²) in [7, 11) is 1.65. The Balaban J connectivity index is 1.74. The largest absolute Gasteiger partial charge is 0.380 e. The van der Waals surface area contributed by atoms with Crippen molar-refractivity contribution < 1.29 is 9.53 Å². The standard InChI is InChI=1S/C22H24ClN3O2/c1-15-8-10-17(11-9-15)13-26-21(23)20(16(2)25-26)22(27)24-12-18-6-4-5-7-19(18)14-28-3/h4-11H,12-14H2,1-3H3,(H,24,27). The van der Waals surface area contributed by atoms with Gasteiger partial charge in [0.15, 0.2) is 0 Å². The van der Waals surface area contributed by atoms with Crippen LogP contribution in [-0.4, -0.2) is 22.8 Å². The van der Waals surface area contributed by atoms with Crippen molar-refractivity contribution in [3.05, 3.63) is 87.2 Å². The fraction of sp³-hybridized carbons (Fsp3) is 0.273. The number of methoxy groups -OCH3 is 1. The summed E-state index contributed by atoms with van der Waals surface area (Å²) >= 11 is 6.49. The molecule has 2 aromatic carbocycles. The zero-order valence-corrected chi connectivity index (χ0v) is 17.1. The monoisotopic (exact) mass is 397 g/mol. The van der Waals surface area contributed by atoms with Crippen LogP contribution in [0.25, 0.3) is 0 Å². The molecule has 0 saturated heterocycles. The summed E-state index contributed by atoms with van der Waals surface area (Å²) in [6.45, 7) is 5.26. The van der Waals surface area contributed by atoms with Crippen molar-refractivity contribution in [2.24, 2.45) is 0 Å². The van der Waals surface area contributed by atoms with E-state index in [1.165, 1.54) is 5.56 Å². The maximum absolute atomic E-state index is 12.8. The van der Waals surface area contributed by atoms with E-state index in [2.05, 4.69) is 10.4 Å². The predicted molar refractivity (Wildman–Crippen MR) is 111 cm³/mol. The first-order valence-corrected chi connectivity index (χ1v) is 9.49. The quantitative estimate of drug-likeness (QED) is 0.647. The lowest BCUT2D eigenvalue weighted by molar-refractivity contribution is 0.0950. The molecule has 0 bridgehead atoms. The van der Waals surface area contributed by atoms with E-state index in [1.54, 1.807) is 18.7 Å². The minimum absolute atomic E-state index is 0.232. The number of hydrogen-bond acceptors (Lipinski definition) is 3. The van der Waals surface area contributed by atoms with Gasteiger partial charge in [-0.1, -0.05) is 65.7 Å². The van der Waals surface area contributed by atoms with Crippen LogP contribution in [0, 0.1) is 13.8 Å². The molecular weight excluding hydrogens is 374 g/mol. The van der Waals surface area contributed by atoms with Gasteiger partial charge in [-0.3, -0.25) is 4.79 Å². The Morgan fingerprint density at radius 1 is 1.11 bits per heavy atom. The Morgan fingerprint density at radius 2 is 1.79 bits per heavy atom. The fourth-order valence-corrected chi connectivity index (χ4v) is 3.39. The van der Waals surface area contributed by atoms with Crippen molar-refractivity contribution in [1.82, 2.24) is 15.1 Å². The minimum atomic E-state index is -0.232. The molecule has 0 radical (unpaired) electrons. The molecule has 5 nitrogen and oxygen atoms in total. The zero-order valence-electron chi connectivity index (χ0n) is 16.3. The molecule has 6 heteroatoms. The maximum atomic E-state index is 12.8. The second-order valence-electron chi connectivity index (χ2n) is 6.78. The molecule has 0 saturated carbocycles. The lowest BCUT2D eigenvalue weighted by atomic mass is 10.1. The van der Waals surface area contributed by atoms with Gasteiger partial charge in [-0.25, -0.2) is 4.68 Å². The molecule has 1 aromatic heterocycles. The van der Waals surface area contributed by atoms with Gasteiger partial charge in [0.05, 0.1) is 24.4 Å². The van der Waals surface area contributed by atoms with E-state index in [9.17, 15) is 4.79 Å². The number of carbonyl (C=O) groups excluding carboxylic acids is 1. The molecule has 1 N–H and O–H groups in total. The number of carbonyl (C=O) groups is 1. The zero-order chi connectivity index (χ0) is 20.1. The van der Waals surface area contributed by atoms with E-state index in [-0.39, 0.29) is 5.91 Å². The normalized spacial score (nSPS) is 10.9. The molecule has 28 heavy (non-hydrogen) atoms. The molecule has 0 aliphatic heterocycles. The van der Waals surface area contributed by atoms with Crippen LogP contribution in [0.4, 0.5) is 0 Å². The van der Waals surface area contributed by atoms with Crippen LogP contribution in [0.2, 0.25) is 5.15 Å². The van der Waals surface area contributed by atoms with E-state index >= 15 is 0 Å². The number of aryl methyl sites for hydroxylation is 2. The molecule has 1 heterocycles. The molecule has 3 rings (SSSR count). The van der Waals surface area contributed by atoms with Crippen LogP contribution in [-0.2, 0) is 24.4 Å². The molecule has 1 amide bonds. The van der Waals surface area contributed by atoms with Crippen LogP contribution in [0.3, 0.4) is 0 Å². The van der Waals surface area contributed by atoms with Gasteiger partial charge in [0.1, 0.15) is 5.15 Å². The van der Waals surface area contributed by atoms with Crippen LogP contribution in [0.5, 0.6) is 0 Å². The Labute approximate surface area is 170 Å². The molecule has 0 spiro atoms. The molecule has 0 unspecified atom stereocenters. The summed E-state index contributed by atoms with van der Waals surface area (Å²) in [5, 5.41) is 7.75. The molecule has 3 aromatic rings. The van der Waals surface area contributed by atoms with Crippen molar-refractivity contribution in [3.8, 4) is 0 Å². The van der Waals surface area contributed by atoms with Crippen molar-refractivity contribution in [2.45, 2.75) is 33.5 Å². The highest BCUT2D eigenvalue weighted by Gasteiger charge is 2.20. The van der Waals surface area contributed by atoms with E-state index in [4.69, 9.17) is 16.3 Å². The van der Waals surface area contributed by atoms with Gasteiger partial charge in [-0.05, 0) is 30.5 Å². The van der Waals surface area contributed by atoms with Gasteiger partial charge in [0.2, 0.25) is 0 Å². The Kier molecular flexibility index (Phi) is 6.49. The topological polar surface area (TPSA) is 56.1 Å². The first-order valence-electron chi connectivity index (χ1n) is 9.12. The highest BCUT2D eigenvalue weighted by atomic mass is 35.5. The van der Waals surface area contributed by atoms with Gasteiger partial charge >= 0.3 is 0 Å². The fourth-order valence-electron chi connectivity index (χ4n) is 3.07. The summed E-state index contributed by atoms with van der Waals surface area (Å²) in [5.41, 5.74) is 5.36. The predicted octanol–water partition coefficient (Wildman–Crippen LogP) is 4.28. The van der Waals surface area contributed by atoms with Gasteiger partial charge in [-0.15, -0.1) is 0 Å². The first-order chi connectivity index (χ1) is 13.5. The maximum Gasteiger partial charge on any atom is 0.256 e. The van der Waals surface area contributed by atoms with Crippen molar-refractivity contribution in [1.29, 1.82) is 0 Å². The van der Waals surface area contributed by atoms with Crippen molar-refractivity contribution >= 4 is 17.5 Å². The molecule has 0 atom stereocenters. The van der Waals surface area contributed by atoms with Gasteiger partial charge in [-0.2, -0.15) is 5.10 Å². The average Bonchev–Trinajstić information content (AvgIpc) is 2.96. The second kappa shape index (κ2) is 9.04. The van der Waals surface area contributed by atoms with Crippen LogP contribution in [0.15, 0.2) is 48.5 Å². The van der Waals surface area contributed by atoms with Crippen LogP contribution < -0.4 is 5.32 Å². The summed E-state index contributed by atoms with van der Waals surface area (Å²) in [4.78, 5) is 12.8. The van der Waals surface area contributed by atoms with Crippen LogP contribution in [0.1, 0.15) is 38.3 Å². The smallest absolute Gasteiger partial charge is 0.256 e. The second-order valence-corrected chi connectivity index (χ2v) is 7.14. The number of benzene rings is 2. The lowest BCUT2D eigenvalue weighted by Crippen LogP contribution is -2.24. The van der Waals surface area contributed by atoms with Crippen molar-refractivity contribution in [2.75, 3.05) is 7.11 Å². The minimum Gasteiger partial charge on any atom is -0.380 e. The number of halogens is 1. The number of nitrogens with zero attached hydrogens (tertiary/aromatic N) is 2. The summed E-state index contributed by atoms with van der Waals surface area (Å²) in [6, 6.07) is 16.0. The molecule has 0 aliphatic rings. The third-order valence-electron chi connectivity index (χ3n) is 4.60. The van der Waals surface area contributed by atoms with Gasteiger partial charge < -0.3 is 10.1 Å². The highest BCUT2D eigenvalue weighted by Crippen LogP contribution is 2.21. The summed E-state index contributed by atoms with van der Waals surface area (Å²) in [6.07, 6.45) is 0. The SMILES string of the molecule is COCc1ccccc1CNC(=O)c1c(C)nn(Cc2ccc(C)cc2)c1Cl. The van der Waals surface area contributed by atoms with E-state index in [0.29, 0.717) is 36.1 Å². The number of nitrogens with one attached hydrogen (secondary N) is 1. The Hall–Kier alpha value is -2.63. The Morgan fingerprint density at radius 3 is 2.46 bits per heavy atom. The van der Waals surface area contributed by atoms with E-state index < -0.39 is 0 Å². The lowest BCUT2D eigenvalue weighted by Gasteiger charge is -2.10. The number of amides is 1. The number of aromatic nitrogens is 2. The van der Waals surface area contributed by atoms with Crippen molar-refractivity contribution in [3.63, 3.8) is 0 Å². The molecule has 0 fully saturated rings.